The van der Waals surface area contributed by atoms with Crippen LogP contribution < -0.4 is 9.80 Å². The molecule has 1 saturated carbocycles. The Hall–Kier alpha value is -1.58. The number of amides is 1. The van der Waals surface area contributed by atoms with Crippen molar-refractivity contribution in [2.24, 2.45) is 0 Å². The van der Waals surface area contributed by atoms with Crippen molar-refractivity contribution in [3.05, 3.63) is 18.3 Å². The molecule has 0 unspecified atom stereocenters. The maximum atomic E-state index is 12.5. The number of fused-ring (bicyclic) bond motifs is 1. The van der Waals surface area contributed by atoms with Gasteiger partial charge in [0.2, 0.25) is 5.91 Å². The summed E-state index contributed by atoms with van der Waals surface area (Å²) in [6, 6.07) is 4.25. The van der Waals surface area contributed by atoms with Gasteiger partial charge >= 0.3 is 0 Å². The van der Waals surface area contributed by atoms with E-state index in [-0.39, 0.29) is 11.9 Å². The van der Waals surface area contributed by atoms with E-state index in [2.05, 4.69) is 9.88 Å². The highest BCUT2D eigenvalue weighted by Gasteiger charge is 2.38. The lowest BCUT2D eigenvalue weighted by molar-refractivity contribution is -0.119. The summed E-state index contributed by atoms with van der Waals surface area (Å²) in [4.78, 5) is 21.1. The zero-order valence-electron chi connectivity index (χ0n) is 12.4. The normalized spacial score (nSPS) is 24.5. The molecule has 2 heterocycles. The summed E-state index contributed by atoms with van der Waals surface area (Å²) in [5.41, 5.74) is 0.944. The summed E-state index contributed by atoms with van der Waals surface area (Å²) < 4.78 is 0. The van der Waals surface area contributed by atoms with Crippen molar-refractivity contribution in [3.63, 3.8) is 0 Å². The molecular formula is C16H23N3O. The summed E-state index contributed by atoms with van der Waals surface area (Å²) in [6.45, 7) is 2.02. The number of anilines is 2. The van der Waals surface area contributed by atoms with E-state index in [1.165, 1.54) is 38.5 Å². The number of hydrogen-bond donors (Lipinski definition) is 0. The third-order valence-electron chi connectivity index (χ3n) is 4.70. The fourth-order valence-electron chi connectivity index (χ4n) is 3.58. The Labute approximate surface area is 120 Å². The van der Waals surface area contributed by atoms with E-state index in [0.717, 1.165) is 11.5 Å². The second kappa shape index (κ2) is 5.43. The van der Waals surface area contributed by atoms with Crippen molar-refractivity contribution in [3.8, 4) is 0 Å². The van der Waals surface area contributed by atoms with Crippen LogP contribution in [-0.4, -0.2) is 30.0 Å². The molecule has 0 bridgehead atoms. The molecule has 4 nitrogen and oxygen atoms in total. The lowest BCUT2D eigenvalue weighted by Gasteiger charge is -2.43. The average Bonchev–Trinajstić information content (AvgIpc) is 2.74. The molecule has 4 heteroatoms. The number of nitrogens with zero attached hydrogens (tertiary/aromatic N) is 3. The highest BCUT2D eigenvalue weighted by molar-refractivity contribution is 6.04. The topological polar surface area (TPSA) is 36.4 Å². The Kier molecular flexibility index (Phi) is 3.64. The van der Waals surface area contributed by atoms with Crippen LogP contribution in [-0.2, 0) is 4.79 Å². The standard InChI is InChI=1S/C16H23N3O/c1-12-16(20)18(2)14-10-7-11-17-15(14)19(12)13-8-5-3-4-6-9-13/h7,10-13H,3-6,8-9H2,1-2H3/t12-/m1/s1. The molecule has 0 N–H and O–H groups in total. The van der Waals surface area contributed by atoms with Gasteiger partial charge in [-0.15, -0.1) is 0 Å². The zero-order chi connectivity index (χ0) is 14.1. The summed E-state index contributed by atoms with van der Waals surface area (Å²) in [5.74, 6) is 1.16. The lowest BCUT2D eigenvalue weighted by Crippen LogP contribution is -2.54. The molecule has 1 aromatic rings. The molecule has 3 rings (SSSR count). The van der Waals surface area contributed by atoms with Gasteiger partial charge in [-0.25, -0.2) is 4.98 Å². The van der Waals surface area contributed by atoms with Crippen molar-refractivity contribution in [1.29, 1.82) is 0 Å². The lowest BCUT2D eigenvalue weighted by atomic mass is 10.0. The molecule has 1 aliphatic carbocycles. The van der Waals surface area contributed by atoms with Gasteiger partial charge < -0.3 is 9.80 Å². The van der Waals surface area contributed by atoms with Gasteiger partial charge in [-0.05, 0) is 31.9 Å². The fraction of sp³-hybridized carbons (Fsp3) is 0.625. The monoisotopic (exact) mass is 273 g/mol. The van der Waals surface area contributed by atoms with Crippen molar-refractivity contribution in [2.75, 3.05) is 16.8 Å². The Morgan fingerprint density at radius 1 is 1.20 bits per heavy atom. The molecule has 1 aromatic heterocycles. The van der Waals surface area contributed by atoms with Crippen molar-refractivity contribution in [1.82, 2.24) is 4.98 Å². The fourth-order valence-corrected chi connectivity index (χ4v) is 3.58. The first-order chi connectivity index (χ1) is 9.70. The number of aromatic nitrogens is 1. The molecular weight excluding hydrogens is 250 g/mol. The highest BCUT2D eigenvalue weighted by Crippen LogP contribution is 2.37. The van der Waals surface area contributed by atoms with Crippen LogP contribution in [0, 0.1) is 0 Å². The van der Waals surface area contributed by atoms with Crippen molar-refractivity contribution in [2.45, 2.75) is 57.5 Å². The largest absolute Gasteiger partial charge is 0.340 e. The van der Waals surface area contributed by atoms with Crippen LogP contribution >= 0.6 is 0 Å². The van der Waals surface area contributed by atoms with Crippen LogP contribution in [0.15, 0.2) is 18.3 Å². The van der Waals surface area contributed by atoms with E-state index in [0.29, 0.717) is 6.04 Å². The number of likely N-dealkylation sites (N-methyl/N-ethyl adjacent to an activating group) is 1. The van der Waals surface area contributed by atoms with Crippen LogP contribution in [0.25, 0.3) is 0 Å². The number of rotatable bonds is 1. The minimum atomic E-state index is -0.106. The van der Waals surface area contributed by atoms with Crippen LogP contribution in [0.3, 0.4) is 0 Å². The van der Waals surface area contributed by atoms with Gasteiger partial charge in [0.05, 0.1) is 5.69 Å². The molecule has 1 amide bonds. The molecule has 108 valence electrons. The number of carbonyl (C=O) groups excluding carboxylic acids is 1. The van der Waals surface area contributed by atoms with Crippen LogP contribution in [0.5, 0.6) is 0 Å². The first kappa shape index (κ1) is 13.4. The Balaban J connectivity index is 1.99. The second-order valence-electron chi connectivity index (χ2n) is 5.97. The third-order valence-corrected chi connectivity index (χ3v) is 4.70. The summed E-state index contributed by atoms with van der Waals surface area (Å²) in [6.07, 6.45) is 9.36. The minimum Gasteiger partial charge on any atom is -0.340 e. The summed E-state index contributed by atoms with van der Waals surface area (Å²) in [5, 5.41) is 0. The highest BCUT2D eigenvalue weighted by atomic mass is 16.2. The first-order valence-corrected chi connectivity index (χ1v) is 7.71. The predicted octanol–water partition coefficient (Wildman–Crippen LogP) is 2.98. The van der Waals surface area contributed by atoms with E-state index in [1.54, 1.807) is 4.90 Å². The molecule has 1 atom stereocenters. The number of hydrogen-bond acceptors (Lipinski definition) is 3. The van der Waals surface area contributed by atoms with E-state index >= 15 is 0 Å². The van der Waals surface area contributed by atoms with Gasteiger partial charge in [0.15, 0.2) is 5.82 Å². The third kappa shape index (κ3) is 2.17. The summed E-state index contributed by atoms with van der Waals surface area (Å²) in [7, 11) is 1.85. The van der Waals surface area contributed by atoms with Gasteiger partial charge in [0, 0.05) is 19.3 Å². The number of carbonyl (C=O) groups is 1. The molecule has 0 radical (unpaired) electrons. The van der Waals surface area contributed by atoms with E-state index < -0.39 is 0 Å². The average molecular weight is 273 g/mol. The maximum absolute atomic E-state index is 12.5. The van der Waals surface area contributed by atoms with Gasteiger partial charge in [0.25, 0.3) is 0 Å². The Morgan fingerprint density at radius 3 is 2.60 bits per heavy atom. The van der Waals surface area contributed by atoms with E-state index in [1.807, 2.05) is 32.3 Å². The van der Waals surface area contributed by atoms with Crippen LogP contribution in [0.4, 0.5) is 11.5 Å². The van der Waals surface area contributed by atoms with Gasteiger partial charge in [-0.1, -0.05) is 25.7 Å². The number of pyridine rings is 1. The van der Waals surface area contributed by atoms with Crippen molar-refractivity contribution < 1.29 is 4.79 Å². The minimum absolute atomic E-state index is 0.106. The smallest absolute Gasteiger partial charge is 0.249 e. The van der Waals surface area contributed by atoms with E-state index in [9.17, 15) is 4.79 Å². The molecule has 2 aliphatic rings. The SMILES string of the molecule is C[C@@H]1C(=O)N(C)c2cccnc2N1C1CCCCCC1. The molecule has 20 heavy (non-hydrogen) atoms. The first-order valence-electron chi connectivity index (χ1n) is 7.71. The van der Waals surface area contributed by atoms with Gasteiger partial charge in [-0.2, -0.15) is 0 Å². The molecule has 0 aromatic carbocycles. The quantitative estimate of drug-likeness (QED) is 0.738. The van der Waals surface area contributed by atoms with Gasteiger partial charge in [0.1, 0.15) is 6.04 Å². The molecule has 1 fully saturated rings. The Bertz CT molecular complexity index is 494. The van der Waals surface area contributed by atoms with Crippen LogP contribution in [0.1, 0.15) is 45.4 Å². The Morgan fingerprint density at radius 2 is 1.90 bits per heavy atom. The van der Waals surface area contributed by atoms with Crippen molar-refractivity contribution >= 4 is 17.4 Å². The second-order valence-corrected chi connectivity index (χ2v) is 5.97. The molecule has 0 saturated heterocycles. The van der Waals surface area contributed by atoms with Crippen LogP contribution in [0.2, 0.25) is 0 Å². The predicted molar refractivity (Wildman–Crippen MR) is 81.1 cm³/mol. The van der Waals surface area contributed by atoms with Gasteiger partial charge in [-0.3, -0.25) is 4.79 Å². The molecule has 0 spiro atoms. The summed E-state index contributed by atoms with van der Waals surface area (Å²) >= 11 is 0. The maximum Gasteiger partial charge on any atom is 0.249 e. The molecule has 1 aliphatic heterocycles. The van der Waals surface area contributed by atoms with E-state index in [4.69, 9.17) is 0 Å². The zero-order valence-corrected chi connectivity index (χ0v) is 12.4.